The van der Waals surface area contributed by atoms with Gasteiger partial charge in [0.1, 0.15) is 0 Å². The van der Waals surface area contributed by atoms with E-state index in [9.17, 15) is 0 Å². The molecule has 0 aliphatic heterocycles. The molecule has 4 nitrogen and oxygen atoms in total. The summed E-state index contributed by atoms with van der Waals surface area (Å²) in [5.74, 6) is 1.58. The maximum absolute atomic E-state index is 5.57. The first-order valence-electron chi connectivity index (χ1n) is 7.12. The minimum atomic E-state index is 0.605. The maximum Gasteiger partial charge on any atom is 0.234 e. The molecule has 5 heteroatoms. The molecule has 0 bridgehead atoms. The monoisotopic (exact) mass is 327 g/mol. The van der Waals surface area contributed by atoms with E-state index in [1.807, 2.05) is 6.20 Å². The fourth-order valence-corrected chi connectivity index (χ4v) is 2.93. The standard InChI is InChI=1S/C14H22BrN3O/c1-2-9-19-14-11-16-10-13(17-14)18(8-7-15)12-5-3-4-6-12/h10-12H,2-9H2,1H3. The largest absolute Gasteiger partial charge is 0.477 e. The molecule has 0 amide bonds. The van der Waals surface area contributed by atoms with Crippen molar-refractivity contribution in [3.05, 3.63) is 12.4 Å². The molecule has 0 unspecified atom stereocenters. The van der Waals surface area contributed by atoms with Gasteiger partial charge < -0.3 is 9.64 Å². The zero-order valence-electron chi connectivity index (χ0n) is 11.5. The van der Waals surface area contributed by atoms with Crippen LogP contribution in [0.2, 0.25) is 0 Å². The van der Waals surface area contributed by atoms with Gasteiger partial charge in [-0.1, -0.05) is 35.7 Å². The van der Waals surface area contributed by atoms with Crippen molar-refractivity contribution in [2.24, 2.45) is 0 Å². The number of aromatic nitrogens is 2. The average molecular weight is 328 g/mol. The van der Waals surface area contributed by atoms with Gasteiger partial charge in [0.15, 0.2) is 5.82 Å². The van der Waals surface area contributed by atoms with Gasteiger partial charge in [-0.15, -0.1) is 0 Å². The van der Waals surface area contributed by atoms with Crippen molar-refractivity contribution in [1.82, 2.24) is 9.97 Å². The molecule has 0 radical (unpaired) electrons. The summed E-state index contributed by atoms with van der Waals surface area (Å²) in [6, 6.07) is 0.605. The van der Waals surface area contributed by atoms with E-state index >= 15 is 0 Å². The zero-order valence-corrected chi connectivity index (χ0v) is 13.1. The molecule has 1 aliphatic carbocycles. The molecule has 1 saturated carbocycles. The van der Waals surface area contributed by atoms with Crippen LogP contribution in [0.3, 0.4) is 0 Å². The molecule has 19 heavy (non-hydrogen) atoms. The summed E-state index contributed by atoms with van der Waals surface area (Å²) in [6.45, 7) is 3.75. The normalized spacial score (nSPS) is 15.7. The number of halogens is 1. The maximum atomic E-state index is 5.57. The van der Waals surface area contributed by atoms with Crippen LogP contribution < -0.4 is 9.64 Å². The second-order valence-corrected chi connectivity index (χ2v) is 5.68. The highest BCUT2D eigenvalue weighted by Gasteiger charge is 2.23. The van der Waals surface area contributed by atoms with Gasteiger partial charge in [0, 0.05) is 17.9 Å². The summed E-state index contributed by atoms with van der Waals surface area (Å²) in [5.41, 5.74) is 0. The Bertz CT molecular complexity index is 383. The third-order valence-corrected chi connectivity index (χ3v) is 3.79. The Morgan fingerprint density at radius 3 is 2.84 bits per heavy atom. The molecule has 1 aromatic heterocycles. The van der Waals surface area contributed by atoms with E-state index in [-0.39, 0.29) is 0 Å². The van der Waals surface area contributed by atoms with Crippen LogP contribution in [-0.2, 0) is 0 Å². The highest BCUT2D eigenvalue weighted by atomic mass is 79.9. The Labute approximate surface area is 123 Å². The van der Waals surface area contributed by atoms with Gasteiger partial charge >= 0.3 is 0 Å². The predicted molar refractivity (Wildman–Crippen MR) is 81.2 cm³/mol. The lowest BCUT2D eigenvalue weighted by molar-refractivity contribution is 0.304. The molecular formula is C14H22BrN3O. The van der Waals surface area contributed by atoms with Gasteiger partial charge in [0.05, 0.1) is 19.0 Å². The van der Waals surface area contributed by atoms with Gasteiger partial charge in [0.25, 0.3) is 0 Å². The molecular weight excluding hydrogens is 306 g/mol. The Morgan fingerprint density at radius 1 is 1.37 bits per heavy atom. The summed E-state index contributed by atoms with van der Waals surface area (Å²) in [4.78, 5) is 11.2. The third-order valence-electron chi connectivity index (χ3n) is 3.44. The van der Waals surface area contributed by atoms with Crippen molar-refractivity contribution in [2.45, 2.75) is 45.1 Å². The highest BCUT2D eigenvalue weighted by molar-refractivity contribution is 9.09. The summed E-state index contributed by atoms with van der Waals surface area (Å²) in [6.07, 6.45) is 9.69. The Hall–Kier alpha value is -0.840. The fraction of sp³-hybridized carbons (Fsp3) is 0.714. The minimum Gasteiger partial charge on any atom is -0.477 e. The van der Waals surface area contributed by atoms with Crippen molar-refractivity contribution in [3.8, 4) is 5.88 Å². The second kappa shape index (κ2) is 7.68. The lowest BCUT2D eigenvalue weighted by atomic mass is 10.2. The lowest BCUT2D eigenvalue weighted by Gasteiger charge is -2.29. The first-order valence-corrected chi connectivity index (χ1v) is 8.24. The van der Waals surface area contributed by atoms with Crippen LogP contribution >= 0.6 is 15.9 Å². The molecule has 2 rings (SSSR count). The molecule has 0 N–H and O–H groups in total. The Morgan fingerprint density at radius 2 is 2.16 bits per heavy atom. The SMILES string of the molecule is CCCOc1cncc(N(CCBr)C2CCCC2)n1. The van der Waals surface area contributed by atoms with E-state index < -0.39 is 0 Å². The van der Waals surface area contributed by atoms with Gasteiger partial charge in [-0.2, -0.15) is 4.98 Å². The fourth-order valence-electron chi connectivity index (χ4n) is 2.54. The van der Waals surface area contributed by atoms with Crippen LogP contribution in [0.5, 0.6) is 5.88 Å². The molecule has 0 aromatic carbocycles. The van der Waals surface area contributed by atoms with Crippen molar-refractivity contribution in [3.63, 3.8) is 0 Å². The van der Waals surface area contributed by atoms with Gasteiger partial charge in [0.2, 0.25) is 5.88 Å². The van der Waals surface area contributed by atoms with E-state index in [4.69, 9.17) is 4.74 Å². The van der Waals surface area contributed by atoms with Crippen molar-refractivity contribution in [2.75, 3.05) is 23.4 Å². The number of hydrogen-bond acceptors (Lipinski definition) is 4. The number of hydrogen-bond donors (Lipinski definition) is 0. The van der Waals surface area contributed by atoms with Gasteiger partial charge in [-0.3, -0.25) is 4.98 Å². The third kappa shape index (κ3) is 4.06. The average Bonchev–Trinajstić information content (AvgIpc) is 2.96. The summed E-state index contributed by atoms with van der Waals surface area (Å²) in [5, 5.41) is 0.950. The lowest BCUT2D eigenvalue weighted by Crippen LogP contribution is -2.35. The topological polar surface area (TPSA) is 38.2 Å². The summed E-state index contributed by atoms with van der Waals surface area (Å²) < 4.78 is 5.57. The summed E-state index contributed by atoms with van der Waals surface area (Å²) >= 11 is 3.53. The molecule has 1 aromatic rings. The van der Waals surface area contributed by atoms with Crippen LogP contribution in [0.4, 0.5) is 5.82 Å². The van der Waals surface area contributed by atoms with Crippen molar-refractivity contribution >= 4 is 21.7 Å². The Kier molecular flexibility index (Phi) is 5.89. The highest BCUT2D eigenvalue weighted by Crippen LogP contribution is 2.27. The predicted octanol–water partition coefficient (Wildman–Crippen LogP) is 3.41. The van der Waals surface area contributed by atoms with Gasteiger partial charge in [-0.05, 0) is 19.3 Å². The smallest absolute Gasteiger partial charge is 0.234 e. The first kappa shape index (κ1) is 14.6. The molecule has 106 valence electrons. The number of nitrogens with zero attached hydrogens (tertiary/aromatic N) is 3. The van der Waals surface area contributed by atoms with Crippen LogP contribution in [0.15, 0.2) is 12.4 Å². The van der Waals surface area contributed by atoms with Gasteiger partial charge in [-0.25, -0.2) is 0 Å². The minimum absolute atomic E-state index is 0.605. The Balaban J connectivity index is 2.11. The molecule has 0 spiro atoms. The van der Waals surface area contributed by atoms with E-state index in [2.05, 4.69) is 37.7 Å². The quantitative estimate of drug-likeness (QED) is 0.719. The van der Waals surface area contributed by atoms with Crippen molar-refractivity contribution in [1.29, 1.82) is 0 Å². The number of ether oxygens (including phenoxy) is 1. The van der Waals surface area contributed by atoms with E-state index in [0.29, 0.717) is 18.5 Å². The van der Waals surface area contributed by atoms with E-state index in [0.717, 1.165) is 24.1 Å². The van der Waals surface area contributed by atoms with Crippen LogP contribution in [0.1, 0.15) is 39.0 Å². The van der Waals surface area contributed by atoms with E-state index in [1.165, 1.54) is 25.7 Å². The van der Waals surface area contributed by atoms with Crippen LogP contribution in [0.25, 0.3) is 0 Å². The number of alkyl halides is 1. The van der Waals surface area contributed by atoms with Crippen LogP contribution in [0, 0.1) is 0 Å². The molecule has 1 heterocycles. The second-order valence-electron chi connectivity index (χ2n) is 4.88. The summed E-state index contributed by atoms with van der Waals surface area (Å²) in [7, 11) is 0. The van der Waals surface area contributed by atoms with E-state index in [1.54, 1.807) is 6.20 Å². The zero-order chi connectivity index (χ0) is 13.5. The number of rotatable bonds is 7. The first-order chi connectivity index (χ1) is 9.35. The molecule has 1 aliphatic rings. The molecule has 0 saturated heterocycles. The van der Waals surface area contributed by atoms with Crippen molar-refractivity contribution < 1.29 is 4.74 Å². The molecule has 1 fully saturated rings. The number of anilines is 1. The van der Waals surface area contributed by atoms with Crippen LogP contribution in [-0.4, -0.2) is 34.5 Å². The molecule has 0 atom stereocenters.